The number of thiophene rings is 1. The van der Waals surface area contributed by atoms with Crippen LogP contribution in [0.3, 0.4) is 0 Å². The van der Waals surface area contributed by atoms with E-state index >= 15 is 0 Å². The molecule has 1 N–H and O–H groups in total. The maximum atomic E-state index is 5.41. The van der Waals surface area contributed by atoms with Crippen molar-refractivity contribution >= 4 is 11.3 Å². The Kier molecular flexibility index (Phi) is 4.42. The molecule has 0 radical (unpaired) electrons. The molecule has 0 spiro atoms. The Morgan fingerprint density at radius 3 is 2.85 bits per heavy atom. The zero-order chi connectivity index (χ0) is 9.68. The molecule has 1 aromatic heterocycles. The number of hydrogen-bond donors (Lipinski definition) is 1. The number of likely N-dealkylation sites (N-methyl/N-ethyl adjacent to an activating group) is 1. The molecular weight excluding hydrogens is 182 g/mol. The first-order chi connectivity index (χ1) is 6.29. The Hall–Kier alpha value is -0.380. The second kappa shape index (κ2) is 5.37. The summed E-state index contributed by atoms with van der Waals surface area (Å²) in [5.74, 6) is 0. The third-order valence-corrected chi connectivity index (χ3v) is 2.97. The highest BCUT2D eigenvalue weighted by atomic mass is 32.1. The molecule has 13 heavy (non-hydrogen) atoms. The fourth-order valence-corrected chi connectivity index (χ4v) is 2.09. The molecule has 0 aliphatic heterocycles. The molecule has 1 atom stereocenters. The predicted molar refractivity (Wildman–Crippen MR) is 57.3 cm³/mol. The molecule has 0 saturated heterocycles. The molecule has 2 nitrogen and oxygen atoms in total. The number of aryl methyl sites for hydroxylation is 1. The van der Waals surface area contributed by atoms with Crippen LogP contribution in [0.4, 0.5) is 0 Å². The van der Waals surface area contributed by atoms with E-state index in [9.17, 15) is 0 Å². The lowest BCUT2D eigenvalue weighted by atomic mass is 10.1. The minimum absolute atomic E-state index is 0.339. The number of nitrogens with one attached hydrogen (secondary N) is 1. The molecule has 0 saturated carbocycles. The molecule has 0 aromatic carbocycles. The summed E-state index contributed by atoms with van der Waals surface area (Å²) in [4.78, 5) is 1.37. The summed E-state index contributed by atoms with van der Waals surface area (Å²) in [6.07, 6.45) is 0. The molecule has 0 amide bonds. The van der Waals surface area contributed by atoms with Crippen LogP contribution in [0.15, 0.2) is 11.4 Å². The van der Waals surface area contributed by atoms with Crippen LogP contribution in [0.25, 0.3) is 0 Å². The van der Waals surface area contributed by atoms with Gasteiger partial charge in [0.25, 0.3) is 0 Å². The van der Waals surface area contributed by atoms with Gasteiger partial charge in [-0.3, -0.25) is 0 Å². The lowest BCUT2D eigenvalue weighted by molar-refractivity contribution is 0.125. The van der Waals surface area contributed by atoms with E-state index in [-0.39, 0.29) is 0 Å². The standard InChI is InChI=1S/C10H17NOS/c1-4-12-7-10(11-3)9-5-6-13-8(9)2/h5-6,10-11H,4,7H2,1-3H3. The van der Waals surface area contributed by atoms with Crippen molar-refractivity contribution in [3.63, 3.8) is 0 Å². The monoisotopic (exact) mass is 199 g/mol. The maximum Gasteiger partial charge on any atom is 0.0661 e. The van der Waals surface area contributed by atoms with Gasteiger partial charge >= 0.3 is 0 Å². The topological polar surface area (TPSA) is 21.3 Å². The van der Waals surface area contributed by atoms with Crippen molar-refractivity contribution in [2.45, 2.75) is 19.9 Å². The second-order valence-corrected chi connectivity index (χ2v) is 4.05. The van der Waals surface area contributed by atoms with Crippen molar-refractivity contribution in [2.75, 3.05) is 20.3 Å². The Morgan fingerprint density at radius 1 is 1.62 bits per heavy atom. The fraction of sp³-hybridized carbons (Fsp3) is 0.600. The number of rotatable bonds is 5. The van der Waals surface area contributed by atoms with E-state index in [1.807, 2.05) is 14.0 Å². The lowest BCUT2D eigenvalue weighted by Crippen LogP contribution is -2.21. The Morgan fingerprint density at radius 2 is 2.38 bits per heavy atom. The van der Waals surface area contributed by atoms with Gasteiger partial charge in [-0.25, -0.2) is 0 Å². The van der Waals surface area contributed by atoms with E-state index in [1.165, 1.54) is 10.4 Å². The van der Waals surface area contributed by atoms with Gasteiger partial charge in [0.2, 0.25) is 0 Å². The average Bonchev–Trinajstić information content (AvgIpc) is 2.54. The number of hydrogen-bond acceptors (Lipinski definition) is 3. The van der Waals surface area contributed by atoms with Crippen LogP contribution in [0.5, 0.6) is 0 Å². The van der Waals surface area contributed by atoms with E-state index in [0.717, 1.165) is 13.2 Å². The third kappa shape index (κ3) is 2.79. The second-order valence-electron chi connectivity index (χ2n) is 2.93. The van der Waals surface area contributed by atoms with Crippen LogP contribution in [-0.2, 0) is 4.74 Å². The molecule has 0 bridgehead atoms. The summed E-state index contributed by atoms with van der Waals surface area (Å²) in [5, 5.41) is 5.39. The van der Waals surface area contributed by atoms with Crippen molar-refractivity contribution in [1.82, 2.24) is 5.32 Å². The molecule has 74 valence electrons. The summed E-state index contributed by atoms with van der Waals surface area (Å²) in [6.45, 7) is 5.70. The van der Waals surface area contributed by atoms with Gasteiger partial charge in [0.15, 0.2) is 0 Å². The first kappa shape index (κ1) is 10.7. The molecule has 0 aliphatic rings. The summed E-state index contributed by atoms with van der Waals surface area (Å²) >= 11 is 1.79. The molecule has 3 heteroatoms. The van der Waals surface area contributed by atoms with Crippen molar-refractivity contribution in [1.29, 1.82) is 0 Å². The van der Waals surface area contributed by atoms with Gasteiger partial charge in [-0.05, 0) is 37.9 Å². The zero-order valence-electron chi connectivity index (χ0n) is 8.46. The van der Waals surface area contributed by atoms with Crippen molar-refractivity contribution in [3.05, 3.63) is 21.9 Å². The molecule has 0 aliphatic carbocycles. The first-order valence-corrected chi connectivity index (χ1v) is 5.46. The normalized spacial score (nSPS) is 13.2. The largest absolute Gasteiger partial charge is 0.380 e. The number of ether oxygens (including phenoxy) is 1. The lowest BCUT2D eigenvalue weighted by Gasteiger charge is -2.15. The van der Waals surface area contributed by atoms with Gasteiger partial charge in [-0.15, -0.1) is 11.3 Å². The summed E-state index contributed by atoms with van der Waals surface area (Å²) in [7, 11) is 1.97. The van der Waals surface area contributed by atoms with Crippen molar-refractivity contribution < 1.29 is 4.74 Å². The highest BCUT2D eigenvalue weighted by molar-refractivity contribution is 7.10. The summed E-state index contributed by atoms with van der Waals surface area (Å²) in [5.41, 5.74) is 1.36. The first-order valence-electron chi connectivity index (χ1n) is 4.58. The van der Waals surface area contributed by atoms with E-state index in [1.54, 1.807) is 11.3 Å². The van der Waals surface area contributed by atoms with Crippen LogP contribution < -0.4 is 5.32 Å². The maximum absolute atomic E-state index is 5.41. The highest BCUT2D eigenvalue weighted by Crippen LogP contribution is 2.22. The molecule has 1 rings (SSSR count). The summed E-state index contributed by atoms with van der Waals surface area (Å²) in [6, 6.07) is 2.51. The SMILES string of the molecule is CCOCC(NC)c1ccsc1C. The minimum Gasteiger partial charge on any atom is -0.380 e. The van der Waals surface area contributed by atoms with Crippen molar-refractivity contribution in [3.8, 4) is 0 Å². The highest BCUT2D eigenvalue weighted by Gasteiger charge is 2.11. The van der Waals surface area contributed by atoms with Crippen LogP contribution in [-0.4, -0.2) is 20.3 Å². The Bertz CT molecular complexity index is 247. The van der Waals surface area contributed by atoms with Crippen LogP contribution in [0.2, 0.25) is 0 Å². The van der Waals surface area contributed by atoms with Gasteiger partial charge in [-0.1, -0.05) is 0 Å². The molecule has 1 aromatic rings. The zero-order valence-corrected chi connectivity index (χ0v) is 9.28. The van der Waals surface area contributed by atoms with Crippen LogP contribution >= 0.6 is 11.3 Å². The molecular formula is C10H17NOS. The van der Waals surface area contributed by atoms with Gasteiger partial charge in [0.05, 0.1) is 12.6 Å². The predicted octanol–water partition coefficient (Wildman–Crippen LogP) is 2.35. The van der Waals surface area contributed by atoms with Crippen LogP contribution in [0.1, 0.15) is 23.4 Å². The quantitative estimate of drug-likeness (QED) is 0.786. The van der Waals surface area contributed by atoms with E-state index in [4.69, 9.17) is 4.74 Å². The van der Waals surface area contributed by atoms with Gasteiger partial charge in [0, 0.05) is 11.5 Å². The summed E-state index contributed by atoms with van der Waals surface area (Å²) < 4.78 is 5.41. The molecule has 0 fully saturated rings. The van der Waals surface area contributed by atoms with Gasteiger partial charge < -0.3 is 10.1 Å². The smallest absolute Gasteiger partial charge is 0.0661 e. The third-order valence-electron chi connectivity index (χ3n) is 2.11. The van der Waals surface area contributed by atoms with Crippen LogP contribution in [0, 0.1) is 6.92 Å². The van der Waals surface area contributed by atoms with Crippen molar-refractivity contribution in [2.24, 2.45) is 0 Å². The van der Waals surface area contributed by atoms with E-state index < -0.39 is 0 Å². The average molecular weight is 199 g/mol. The van der Waals surface area contributed by atoms with Gasteiger partial charge in [0.1, 0.15) is 0 Å². The van der Waals surface area contributed by atoms with Gasteiger partial charge in [-0.2, -0.15) is 0 Å². The molecule has 1 heterocycles. The minimum atomic E-state index is 0.339. The van der Waals surface area contributed by atoms with E-state index in [2.05, 4.69) is 23.7 Å². The Balaban J connectivity index is 2.61. The molecule has 1 unspecified atom stereocenters. The van der Waals surface area contributed by atoms with E-state index in [0.29, 0.717) is 6.04 Å². The fourth-order valence-electron chi connectivity index (χ4n) is 1.32. The Labute approximate surface area is 83.9 Å².